The second-order valence-electron chi connectivity index (χ2n) is 4.55. The molecule has 1 aliphatic heterocycles. The third-order valence-corrected chi connectivity index (χ3v) is 3.08. The first kappa shape index (κ1) is 12.8. The van der Waals surface area contributed by atoms with Gasteiger partial charge in [-0.1, -0.05) is 30.3 Å². The summed E-state index contributed by atoms with van der Waals surface area (Å²) < 4.78 is 13.7. The Labute approximate surface area is 106 Å². The van der Waals surface area contributed by atoms with Crippen molar-refractivity contribution in [2.75, 3.05) is 26.2 Å². The van der Waals surface area contributed by atoms with Crippen LogP contribution in [0.4, 0.5) is 9.18 Å². The fourth-order valence-electron chi connectivity index (χ4n) is 2.18. The topological polar surface area (TPSA) is 43.8 Å². The van der Waals surface area contributed by atoms with Gasteiger partial charge in [-0.25, -0.2) is 9.18 Å². The average Bonchev–Trinajstić information content (AvgIpc) is 2.52. The van der Waals surface area contributed by atoms with Crippen LogP contribution >= 0.6 is 0 Å². The van der Waals surface area contributed by atoms with E-state index in [0.29, 0.717) is 26.2 Å². The Morgan fingerprint density at radius 1 is 1.28 bits per heavy atom. The lowest BCUT2D eigenvalue weighted by Crippen LogP contribution is -2.35. The minimum atomic E-state index is -1.12. The van der Waals surface area contributed by atoms with Crippen LogP contribution in [0.5, 0.6) is 0 Å². The monoisotopic (exact) mass is 252 g/mol. The Bertz CT molecular complexity index is 399. The third-order valence-electron chi connectivity index (χ3n) is 3.08. The number of rotatable bonds is 2. The number of alkyl halides is 1. The molecule has 1 N–H and O–H groups in total. The molecule has 1 aromatic rings. The molecule has 1 aliphatic rings. The molecule has 1 unspecified atom stereocenters. The van der Waals surface area contributed by atoms with E-state index < -0.39 is 12.3 Å². The molecular weight excluding hydrogens is 235 g/mol. The Morgan fingerprint density at radius 2 is 2.00 bits per heavy atom. The van der Waals surface area contributed by atoms with Gasteiger partial charge in [0.1, 0.15) is 6.17 Å². The van der Waals surface area contributed by atoms with Gasteiger partial charge in [0.2, 0.25) is 0 Å². The molecule has 2 rings (SSSR count). The zero-order valence-electron chi connectivity index (χ0n) is 10.1. The molecule has 0 aliphatic carbocycles. The second-order valence-corrected chi connectivity index (χ2v) is 4.55. The molecule has 98 valence electrons. The predicted molar refractivity (Wildman–Crippen MR) is 66.2 cm³/mol. The molecule has 1 fully saturated rings. The van der Waals surface area contributed by atoms with Crippen molar-refractivity contribution in [2.45, 2.75) is 12.7 Å². The van der Waals surface area contributed by atoms with Gasteiger partial charge >= 0.3 is 6.09 Å². The largest absolute Gasteiger partial charge is 0.465 e. The maximum absolute atomic E-state index is 13.7. The maximum atomic E-state index is 13.7. The summed E-state index contributed by atoms with van der Waals surface area (Å²) >= 11 is 0. The highest BCUT2D eigenvalue weighted by molar-refractivity contribution is 5.65. The molecule has 1 saturated heterocycles. The van der Waals surface area contributed by atoms with E-state index in [1.54, 1.807) is 0 Å². The minimum Gasteiger partial charge on any atom is -0.465 e. The van der Waals surface area contributed by atoms with Crippen molar-refractivity contribution in [1.29, 1.82) is 0 Å². The lowest BCUT2D eigenvalue weighted by molar-refractivity contribution is 0.136. The number of halogens is 1. The Morgan fingerprint density at radius 3 is 2.67 bits per heavy atom. The molecule has 4 nitrogen and oxygen atoms in total. The quantitative estimate of drug-likeness (QED) is 0.873. The summed E-state index contributed by atoms with van der Waals surface area (Å²) in [5.74, 6) is 0. The number of hydrogen-bond acceptors (Lipinski definition) is 2. The van der Waals surface area contributed by atoms with Crippen molar-refractivity contribution in [1.82, 2.24) is 9.80 Å². The fraction of sp³-hybridized carbons (Fsp3) is 0.462. The van der Waals surface area contributed by atoms with Crippen molar-refractivity contribution >= 4 is 6.09 Å². The van der Waals surface area contributed by atoms with E-state index in [9.17, 15) is 9.18 Å². The second kappa shape index (κ2) is 5.82. The molecule has 0 aromatic heterocycles. The lowest BCUT2D eigenvalue weighted by Gasteiger charge is -2.20. The summed E-state index contributed by atoms with van der Waals surface area (Å²) in [7, 11) is 0. The zero-order chi connectivity index (χ0) is 13.0. The van der Waals surface area contributed by atoms with Crippen LogP contribution in [-0.2, 0) is 6.54 Å². The molecule has 5 heteroatoms. The number of nitrogens with zero attached hydrogens (tertiary/aromatic N) is 2. The third kappa shape index (κ3) is 3.43. The van der Waals surface area contributed by atoms with Gasteiger partial charge in [-0.05, 0) is 5.56 Å². The van der Waals surface area contributed by atoms with Crippen LogP contribution in [0.2, 0.25) is 0 Å². The zero-order valence-corrected chi connectivity index (χ0v) is 10.1. The van der Waals surface area contributed by atoms with Crippen LogP contribution in [0.15, 0.2) is 30.3 Å². The smallest absolute Gasteiger partial charge is 0.407 e. The van der Waals surface area contributed by atoms with E-state index in [1.165, 1.54) is 0 Å². The summed E-state index contributed by atoms with van der Waals surface area (Å²) in [5, 5.41) is 8.90. The summed E-state index contributed by atoms with van der Waals surface area (Å²) in [6.45, 7) is 1.86. The fourth-order valence-corrected chi connectivity index (χ4v) is 2.18. The molecule has 1 amide bonds. The Hall–Kier alpha value is -1.62. The van der Waals surface area contributed by atoms with E-state index in [2.05, 4.69) is 0 Å². The van der Waals surface area contributed by atoms with Crippen molar-refractivity contribution in [3.05, 3.63) is 35.9 Å². The van der Waals surface area contributed by atoms with Crippen LogP contribution in [0, 0.1) is 0 Å². The average molecular weight is 252 g/mol. The number of amides is 1. The number of carbonyl (C=O) groups is 1. The van der Waals surface area contributed by atoms with E-state index >= 15 is 0 Å². The van der Waals surface area contributed by atoms with Crippen molar-refractivity contribution in [3.63, 3.8) is 0 Å². The molecule has 0 bridgehead atoms. The summed E-state index contributed by atoms with van der Waals surface area (Å²) in [5.41, 5.74) is 1.12. The summed E-state index contributed by atoms with van der Waals surface area (Å²) in [6.07, 6.45) is -2.16. The maximum Gasteiger partial charge on any atom is 0.407 e. The van der Waals surface area contributed by atoms with Crippen molar-refractivity contribution in [2.24, 2.45) is 0 Å². The first-order valence-corrected chi connectivity index (χ1v) is 6.03. The van der Waals surface area contributed by atoms with Gasteiger partial charge in [0.15, 0.2) is 0 Å². The predicted octanol–water partition coefficient (Wildman–Crippen LogP) is 1.82. The molecule has 0 spiro atoms. The highest BCUT2D eigenvalue weighted by Crippen LogP contribution is 2.11. The van der Waals surface area contributed by atoms with E-state index in [0.717, 1.165) is 10.5 Å². The molecule has 1 heterocycles. The molecule has 1 aromatic carbocycles. The number of hydrogen-bond donors (Lipinski definition) is 1. The standard InChI is InChI=1S/C13H17FN2O2/c14-12-9-15(6-7-16(10-12)13(17)18)8-11-4-2-1-3-5-11/h1-5,12H,6-10H2,(H,17,18). The van der Waals surface area contributed by atoms with Gasteiger partial charge in [0, 0.05) is 26.2 Å². The van der Waals surface area contributed by atoms with Gasteiger partial charge in [0.05, 0.1) is 6.54 Å². The van der Waals surface area contributed by atoms with Gasteiger partial charge in [-0.3, -0.25) is 4.90 Å². The van der Waals surface area contributed by atoms with Crippen LogP contribution < -0.4 is 0 Å². The van der Waals surface area contributed by atoms with E-state index in [4.69, 9.17) is 5.11 Å². The lowest BCUT2D eigenvalue weighted by atomic mass is 10.2. The van der Waals surface area contributed by atoms with Gasteiger partial charge in [0.25, 0.3) is 0 Å². The molecule has 0 saturated carbocycles. The highest BCUT2D eigenvalue weighted by atomic mass is 19.1. The van der Waals surface area contributed by atoms with Crippen molar-refractivity contribution < 1.29 is 14.3 Å². The molecule has 18 heavy (non-hydrogen) atoms. The van der Waals surface area contributed by atoms with E-state index in [-0.39, 0.29) is 6.54 Å². The summed E-state index contributed by atoms with van der Waals surface area (Å²) in [4.78, 5) is 14.0. The van der Waals surface area contributed by atoms with Gasteiger partial charge < -0.3 is 10.0 Å². The first-order chi connectivity index (χ1) is 8.65. The summed E-state index contributed by atoms with van der Waals surface area (Å²) in [6, 6.07) is 9.82. The number of benzene rings is 1. The van der Waals surface area contributed by atoms with Gasteiger partial charge in [-0.15, -0.1) is 0 Å². The Balaban J connectivity index is 1.96. The molecular formula is C13H17FN2O2. The first-order valence-electron chi connectivity index (χ1n) is 6.03. The number of carboxylic acid groups (broad SMARTS) is 1. The van der Waals surface area contributed by atoms with Crippen molar-refractivity contribution in [3.8, 4) is 0 Å². The Kier molecular flexibility index (Phi) is 4.15. The normalized spacial score (nSPS) is 21.6. The van der Waals surface area contributed by atoms with E-state index in [1.807, 2.05) is 35.2 Å². The van der Waals surface area contributed by atoms with Gasteiger partial charge in [-0.2, -0.15) is 0 Å². The molecule has 0 radical (unpaired) electrons. The SMILES string of the molecule is O=C(O)N1CCN(Cc2ccccc2)CC(F)C1. The van der Waals surface area contributed by atoms with Crippen LogP contribution in [0.3, 0.4) is 0 Å². The highest BCUT2D eigenvalue weighted by Gasteiger charge is 2.24. The van der Waals surface area contributed by atoms with Crippen LogP contribution in [0.1, 0.15) is 5.56 Å². The molecule has 1 atom stereocenters. The van der Waals surface area contributed by atoms with Crippen LogP contribution in [-0.4, -0.2) is 53.4 Å². The minimum absolute atomic E-state index is 0.0272. The van der Waals surface area contributed by atoms with Crippen LogP contribution in [0.25, 0.3) is 0 Å².